The first-order valence-corrected chi connectivity index (χ1v) is 10.8. The maximum absolute atomic E-state index is 13.4. The van der Waals surface area contributed by atoms with Crippen molar-refractivity contribution in [1.82, 2.24) is 9.80 Å². The smallest absolute Gasteiger partial charge is 0.337 e. The van der Waals surface area contributed by atoms with Gasteiger partial charge in [0.1, 0.15) is 5.58 Å². The second kappa shape index (κ2) is 8.96. The minimum Gasteiger partial charge on any atom is -0.465 e. The normalized spacial score (nSPS) is 15.4. The molecule has 7 nitrogen and oxygen atoms in total. The van der Waals surface area contributed by atoms with Crippen molar-refractivity contribution in [1.29, 1.82) is 0 Å². The Bertz CT molecular complexity index is 1210. The van der Waals surface area contributed by atoms with Crippen LogP contribution in [-0.4, -0.2) is 55.0 Å². The van der Waals surface area contributed by atoms with Crippen molar-refractivity contribution in [2.75, 3.05) is 33.3 Å². The third kappa shape index (κ3) is 3.69. The SMILES string of the molecule is CCN(CC)CCN1C(=O)c2oc3ccccc3c(=O)c2C1c1ccc(C(=O)OC)cc1. The van der Waals surface area contributed by atoms with Crippen LogP contribution in [0.2, 0.25) is 0 Å². The molecular formula is C25H26N2O5. The Morgan fingerprint density at radius 1 is 1.06 bits per heavy atom. The van der Waals surface area contributed by atoms with Crippen LogP contribution in [0.1, 0.15) is 51.9 Å². The number of esters is 1. The van der Waals surface area contributed by atoms with Crippen LogP contribution in [0.5, 0.6) is 0 Å². The van der Waals surface area contributed by atoms with Gasteiger partial charge in [-0.15, -0.1) is 0 Å². The zero-order chi connectivity index (χ0) is 22.8. The van der Waals surface area contributed by atoms with Gasteiger partial charge in [-0.25, -0.2) is 4.79 Å². The Hall–Kier alpha value is -3.45. The molecule has 1 aromatic heterocycles. The van der Waals surface area contributed by atoms with E-state index in [0.717, 1.165) is 18.7 Å². The minimum absolute atomic E-state index is 0.0929. The molecule has 0 fully saturated rings. The predicted octanol–water partition coefficient (Wildman–Crippen LogP) is 3.47. The van der Waals surface area contributed by atoms with Crippen LogP contribution in [0.4, 0.5) is 0 Å². The first-order chi connectivity index (χ1) is 15.5. The predicted molar refractivity (Wildman–Crippen MR) is 121 cm³/mol. The van der Waals surface area contributed by atoms with E-state index in [-0.39, 0.29) is 17.1 Å². The van der Waals surface area contributed by atoms with Crippen LogP contribution in [0.3, 0.4) is 0 Å². The van der Waals surface area contributed by atoms with Gasteiger partial charge in [-0.1, -0.05) is 38.1 Å². The highest BCUT2D eigenvalue weighted by atomic mass is 16.5. The Balaban J connectivity index is 1.83. The highest BCUT2D eigenvalue weighted by molar-refractivity contribution is 5.99. The standard InChI is InChI=1S/C25H26N2O5/c1-4-26(5-2)14-15-27-21(16-10-12-17(13-11-16)25(30)31-3)20-22(28)18-8-6-7-9-19(18)32-23(20)24(27)29/h6-13,21H,4-5,14-15H2,1-3H3. The van der Waals surface area contributed by atoms with Crippen LogP contribution in [0.25, 0.3) is 11.0 Å². The van der Waals surface area contributed by atoms with Gasteiger partial charge < -0.3 is 19.0 Å². The van der Waals surface area contributed by atoms with E-state index in [1.54, 1.807) is 53.4 Å². The summed E-state index contributed by atoms with van der Waals surface area (Å²) in [5.74, 6) is -0.643. The molecule has 1 aliphatic rings. The summed E-state index contributed by atoms with van der Waals surface area (Å²) in [4.78, 5) is 42.6. The number of ether oxygens (including phenoxy) is 1. The van der Waals surface area contributed by atoms with Crippen molar-refractivity contribution in [2.45, 2.75) is 19.9 Å². The maximum Gasteiger partial charge on any atom is 0.337 e. The number of methoxy groups -OCH3 is 1. The number of likely N-dealkylation sites (N-methyl/N-ethyl adjacent to an activating group) is 1. The molecule has 32 heavy (non-hydrogen) atoms. The van der Waals surface area contributed by atoms with E-state index in [1.807, 2.05) is 0 Å². The van der Waals surface area contributed by atoms with Crippen molar-refractivity contribution in [2.24, 2.45) is 0 Å². The van der Waals surface area contributed by atoms with Gasteiger partial charge in [0.05, 0.1) is 29.7 Å². The summed E-state index contributed by atoms with van der Waals surface area (Å²) >= 11 is 0. The molecule has 7 heteroatoms. The molecule has 2 aromatic carbocycles. The Labute approximate surface area is 186 Å². The second-order valence-corrected chi connectivity index (χ2v) is 7.71. The first-order valence-electron chi connectivity index (χ1n) is 10.8. The zero-order valence-corrected chi connectivity index (χ0v) is 18.5. The van der Waals surface area contributed by atoms with Gasteiger partial charge in [0, 0.05) is 13.1 Å². The molecule has 166 valence electrons. The highest BCUT2D eigenvalue weighted by Gasteiger charge is 2.42. The molecule has 0 saturated carbocycles. The zero-order valence-electron chi connectivity index (χ0n) is 18.5. The fourth-order valence-electron chi connectivity index (χ4n) is 4.25. The van der Waals surface area contributed by atoms with E-state index in [1.165, 1.54) is 7.11 Å². The minimum atomic E-state index is -0.583. The lowest BCUT2D eigenvalue weighted by Gasteiger charge is -2.28. The van der Waals surface area contributed by atoms with Gasteiger partial charge in [-0.2, -0.15) is 0 Å². The van der Waals surface area contributed by atoms with E-state index in [4.69, 9.17) is 9.15 Å². The number of rotatable bonds is 7. The number of nitrogens with zero attached hydrogens (tertiary/aromatic N) is 2. The van der Waals surface area contributed by atoms with Crippen LogP contribution in [0.15, 0.2) is 57.7 Å². The van der Waals surface area contributed by atoms with Gasteiger partial charge in [-0.05, 0) is 42.9 Å². The second-order valence-electron chi connectivity index (χ2n) is 7.71. The summed E-state index contributed by atoms with van der Waals surface area (Å²) in [6.45, 7) is 7.01. The van der Waals surface area contributed by atoms with Crippen molar-refractivity contribution < 1.29 is 18.7 Å². The number of carbonyl (C=O) groups is 2. The molecule has 0 N–H and O–H groups in total. The van der Waals surface area contributed by atoms with Gasteiger partial charge in [0.2, 0.25) is 5.76 Å². The molecule has 1 unspecified atom stereocenters. The molecule has 0 aliphatic carbocycles. The Morgan fingerprint density at radius 2 is 1.75 bits per heavy atom. The largest absolute Gasteiger partial charge is 0.465 e. The summed E-state index contributed by atoms with van der Waals surface area (Å²) in [6, 6.07) is 13.2. The molecule has 4 rings (SSSR count). The lowest BCUT2D eigenvalue weighted by molar-refractivity contribution is 0.0599. The van der Waals surface area contributed by atoms with Crippen LogP contribution in [0, 0.1) is 0 Å². The number of hydrogen-bond acceptors (Lipinski definition) is 6. The number of amides is 1. The van der Waals surface area contributed by atoms with Crippen molar-refractivity contribution >= 4 is 22.8 Å². The van der Waals surface area contributed by atoms with Crippen molar-refractivity contribution in [3.8, 4) is 0 Å². The third-order valence-electron chi connectivity index (χ3n) is 6.07. The summed E-state index contributed by atoms with van der Waals surface area (Å²) in [5.41, 5.74) is 1.68. The summed E-state index contributed by atoms with van der Waals surface area (Å²) in [5, 5.41) is 0.445. The van der Waals surface area contributed by atoms with Crippen LogP contribution >= 0.6 is 0 Å². The number of fused-ring (bicyclic) bond motifs is 2. The Kier molecular flexibility index (Phi) is 6.10. The lowest BCUT2D eigenvalue weighted by Crippen LogP contribution is -2.37. The summed E-state index contributed by atoms with van der Waals surface area (Å²) < 4.78 is 10.7. The van der Waals surface area contributed by atoms with Crippen LogP contribution in [-0.2, 0) is 4.74 Å². The summed E-state index contributed by atoms with van der Waals surface area (Å²) in [7, 11) is 1.33. The van der Waals surface area contributed by atoms with E-state index in [0.29, 0.717) is 35.2 Å². The number of carbonyl (C=O) groups excluding carboxylic acids is 2. The highest BCUT2D eigenvalue weighted by Crippen LogP contribution is 2.38. The van der Waals surface area contributed by atoms with Gasteiger partial charge in [0.25, 0.3) is 5.91 Å². The van der Waals surface area contributed by atoms with E-state index < -0.39 is 12.0 Å². The molecule has 1 amide bonds. The van der Waals surface area contributed by atoms with Crippen molar-refractivity contribution in [3.05, 3.63) is 81.2 Å². The molecule has 0 spiro atoms. The van der Waals surface area contributed by atoms with Gasteiger partial charge in [0.15, 0.2) is 5.43 Å². The molecule has 0 saturated heterocycles. The fraction of sp³-hybridized carbons (Fsp3) is 0.320. The van der Waals surface area contributed by atoms with E-state index >= 15 is 0 Å². The topological polar surface area (TPSA) is 80.1 Å². The molecule has 0 radical (unpaired) electrons. The molecule has 1 aliphatic heterocycles. The molecule has 1 atom stereocenters. The van der Waals surface area contributed by atoms with E-state index in [9.17, 15) is 14.4 Å². The molecule has 0 bridgehead atoms. The number of para-hydroxylation sites is 1. The average Bonchev–Trinajstić information content (AvgIpc) is 3.11. The first kappa shape index (κ1) is 21.8. The number of benzene rings is 2. The van der Waals surface area contributed by atoms with Crippen LogP contribution < -0.4 is 5.43 Å². The van der Waals surface area contributed by atoms with Gasteiger partial charge >= 0.3 is 5.97 Å². The van der Waals surface area contributed by atoms with E-state index in [2.05, 4.69) is 18.7 Å². The molecular weight excluding hydrogens is 408 g/mol. The fourth-order valence-corrected chi connectivity index (χ4v) is 4.25. The molecule has 3 aromatic rings. The summed E-state index contributed by atoms with van der Waals surface area (Å²) in [6.07, 6.45) is 0. The monoisotopic (exact) mass is 434 g/mol. The van der Waals surface area contributed by atoms with Crippen molar-refractivity contribution in [3.63, 3.8) is 0 Å². The lowest BCUT2D eigenvalue weighted by atomic mass is 9.97. The average molecular weight is 434 g/mol. The quantitative estimate of drug-likeness (QED) is 0.530. The number of hydrogen-bond donors (Lipinski definition) is 0. The maximum atomic E-state index is 13.4. The third-order valence-corrected chi connectivity index (χ3v) is 6.07. The van der Waals surface area contributed by atoms with Gasteiger partial charge in [-0.3, -0.25) is 9.59 Å². The molecule has 2 heterocycles. The Morgan fingerprint density at radius 3 is 2.41 bits per heavy atom.